The zero-order valence-corrected chi connectivity index (χ0v) is 17.9. The second kappa shape index (κ2) is 10.9. The zero-order valence-electron chi connectivity index (χ0n) is 17.9. The Labute approximate surface area is 178 Å². The second-order valence-corrected chi connectivity index (χ2v) is 7.63. The van der Waals surface area contributed by atoms with Crippen LogP contribution in [-0.2, 0) is 17.9 Å². The summed E-state index contributed by atoms with van der Waals surface area (Å²) < 4.78 is 5.53. The molecule has 6 heteroatoms. The van der Waals surface area contributed by atoms with Gasteiger partial charge in [0.2, 0.25) is 0 Å². The fourth-order valence-corrected chi connectivity index (χ4v) is 3.57. The molecule has 0 spiro atoms. The lowest BCUT2D eigenvalue weighted by atomic mass is 10.1. The topological polar surface area (TPSA) is 61.9 Å². The molecule has 0 radical (unpaired) electrons. The Morgan fingerprint density at radius 1 is 0.933 bits per heavy atom. The van der Waals surface area contributed by atoms with Crippen molar-refractivity contribution in [1.82, 2.24) is 15.1 Å². The van der Waals surface area contributed by atoms with Crippen molar-refractivity contribution in [3.63, 3.8) is 0 Å². The van der Waals surface area contributed by atoms with E-state index in [4.69, 9.17) is 4.74 Å². The average molecular weight is 410 g/mol. The Kier molecular flexibility index (Phi) is 7.99. The highest BCUT2D eigenvalue weighted by molar-refractivity contribution is 5.94. The molecule has 3 rings (SSSR count). The first kappa shape index (κ1) is 22.0. The first-order valence-corrected chi connectivity index (χ1v) is 10.6. The minimum Gasteiger partial charge on any atom is -0.484 e. The molecule has 0 saturated carbocycles. The molecular weight excluding hydrogens is 378 g/mol. The number of rotatable bonds is 9. The van der Waals surface area contributed by atoms with Crippen molar-refractivity contribution in [3.8, 4) is 5.75 Å². The van der Waals surface area contributed by atoms with Crippen molar-refractivity contribution in [2.45, 2.75) is 26.9 Å². The summed E-state index contributed by atoms with van der Waals surface area (Å²) in [5.41, 5.74) is 3.01. The van der Waals surface area contributed by atoms with Crippen LogP contribution in [0, 0.1) is 0 Å². The summed E-state index contributed by atoms with van der Waals surface area (Å²) in [7, 11) is 0. The van der Waals surface area contributed by atoms with E-state index in [0.717, 1.165) is 44.8 Å². The molecule has 1 heterocycles. The van der Waals surface area contributed by atoms with Gasteiger partial charge in [-0.2, -0.15) is 0 Å². The number of hydrogen-bond donors (Lipinski definition) is 1. The van der Waals surface area contributed by atoms with E-state index in [1.165, 1.54) is 12.5 Å². The van der Waals surface area contributed by atoms with Crippen molar-refractivity contribution in [1.29, 1.82) is 0 Å². The van der Waals surface area contributed by atoms with E-state index in [2.05, 4.69) is 40.2 Å². The van der Waals surface area contributed by atoms with Crippen molar-refractivity contribution in [3.05, 3.63) is 65.2 Å². The van der Waals surface area contributed by atoms with E-state index in [1.807, 2.05) is 6.07 Å². The summed E-state index contributed by atoms with van der Waals surface area (Å²) in [5.74, 6) is 0.406. The monoisotopic (exact) mass is 409 g/mol. The first-order chi connectivity index (χ1) is 14.5. The summed E-state index contributed by atoms with van der Waals surface area (Å²) in [6.07, 6.45) is 0. The van der Waals surface area contributed by atoms with Crippen LogP contribution in [0.3, 0.4) is 0 Å². The third kappa shape index (κ3) is 6.40. The van der Waals surface area contributed by atoms with Gasteiger partial charge in [0.25, 0.3) is 5.91 Å². The van der Waals surface area contributed by atoms with Crippen molar-refractivity contribution in [2.24, 2.45) is 0 Å². The minimum absolute atomic E-state index is 0.00482. The lowest BCUT2D eigenvalue weighted by molar-refractivity contribution is -0.123. The van der Waals surface area contributed by atoms with Gasteiger partial charge in [-0.05, 0) is 48.9 Å². The normalized spacial score (nSPS) is 15.0. The van der Waals surface area contributed by atoms with Gasteiger partial charge < -0.3 is 15.0 Å². The van der Waals surface area contributed by atoms with E-state index in [-0.39, 0.29) is 18.3 Å². The van der Waals surface area contributed by atoms with E-state index in [9.17, 15) is 9.59 Å². The number of carbonyl (C=O) groups is 2. The Morgan fingerprint density at radius 2 is 1.57 bits per heavy atom. The molecule has 1 N–H and O–H groups in total. The Bertz CT molecular complexity index is 843. The quantitative estimate of drug-likeness (QED) is 0.646. The van der Waals surface area contributed by atoms with Gasteiger partial charge in [0.1, 0.15) is 5.75 Å². The summed E-state index contributed by atoms with van der Waals surface area (Å²) >= 11 is 0. The molecule has 2 aromatic rings. The van der Waals surface area contributed by atoms with Crippen LogP contribution in [0.1, 0.15) is 35.3 Å². The Hall–Kier alpha value is -2.70. The van der Waals surface area contributed by atoms with Gasteiger partial charge >= 0.3 is 0 Å². The largest absolute Gasteiger partial charge is 0.484 e. The van der Waals surface area contributed by atoms with Crippen molar-refractivity contribution < 1.29 is 14.3 Å². The van der Waals surface area contributed by atoms with Gasteiger partial charge in [-0.15, -0.1) is 0 Å². The number of amides is 1. The van der Waals surface area contributed by atoms with Crippen molar-refractivity contribution in [2.75, 3.05) is 39.3 Å². The Balaban J connectivity index is 1.47. The van der Waals surface area contributed by atoms with Crippen LogP contribution in [0.5, 0.6) is 5.75 Å². The number of nitrogens with one attached hydrogen (secondary N) is 1. The summed E-state index contributed by atoms with van der Waals surface area (Å²) in [4.78, 5) is 28.5. The van der Waals surface area contributed by atoms with E-state index in [0.29, 0.717) is 17.9 Å². The smallest absolute Gasteiger partial charge is 0.258 e. The SMILES string of the molecule is CCN1CCN(Cc2ccccc2CNC(=O)COc2ccc(C(C)=O)cc2)CC1. The van der Waals surface area contributed by atoms with Crippen LogP contribution >= 0.6 is 0 Å². The molecule has 30 heavy (non-hydrogen) atoms. The fourth-order valence-electron chi connectivity index (χ4n) is 3.57. The molecule has 1 saturated heterocycles. The van der Waals surface area contributed by atoms with E-state index >= 15 is 0 Å². The maximum Gasteiger partial charge on any atom is 0.258 e. The molecule has 1 amide bonds. The number of likely N-dealkylation sites (N-methyl/N-ethyl adjacent to an activating group) is 1. The molecule has 1 aliphatic rings. The van der Waals surface area contributed by atoms with Crippen LogP contribution in [0.4, 0.5) is 0 Å². The summed E-state index contributed by atoms with van der Waals surface area (Å²) in [6.45, 7) is 10.5. The molecular formula is C24H31N3O3. The molecule has 6 nitrogen and oxygen atoms in total. The molecule has 0 unspecified atom stereocenters. The number of benzene rings is 2. The number of carbonyl (C=O) groups excluding carboxylic acids is 2. The predicted molar refractivity (Wildman–Crippen MR) is 118 cm³/mol. The van der Waals surface area contributed by atoms with E-state index in [1.54, 1.807) is 24.3 Å². The molecule has 1 aliphatic heterocycles. The number of nitrogens with zero attached hydrogens (tertiary/aromatic N) is 2. The molecule has 1 fully saturated rings. The van der Waals surface area contributed by atoms with Crippen LogP contribution in [0.15, 0.2) is 48.5 Å². The molecule has 160 valence electrons. The average Bonchev–Trinajstić information content (AvgIpc) is 2.78. The van der Waals surface area contributed by atoms with Crippen LogP contribution in [0.2, 0.25) is 0 Å². The summed E-state index contributed by atoms with van der Waals surface area (Å²) in [6, 6.07) is 15.1. The van der Waals surface area contributed by atoms with Crippen LogP contribution < -0.4 is 10.1 Å². The highest BCUT2D eigenvalue weighted by Crippen LogP contribution is 2.14. The predicted octanol–water partition coefficient (Wildman–Crippen LogP) is 2.72. The standard InChI is InChI=1S/C24H31N3O3/c1-3-26-12-14-27(15-13-26)17-22-7-5-4-6-21(22)16-25-24(29)18-30-23-10-8-20(9-11-23)19(2)28/h4-11H,3,12-18H2,1-2H3,(H,25,29). The highest BCUT2D eigenvalue weighted by atomic mass is 16.5. The maximum absolute atomic E-state index is 12.2. The molecule has 0 atom stereocenters. The number of ketones is 1. The minimum atomic E-state index is -0.169. The van der Waals surface area contributed by atoms with Crippen LogP contribution in [-0.4, -0.2) is 60.8 Å². The zero-order chi connectivity index (χ0) is 21.3. The van der Waals surface area contributed by atoms with Gasteiger partial charge in [0, 0.05) is 44.8 Å². The fraction of sp³-hybridized carbons (Fsp3) is 0.417. The lowest BCUT2D eigenvalue weighted by Gasteiger charge is -2.34. The first-order valence-electron chi connectivity index (χ1n) is 10.6. The van der Waals surface area contributed by atoms with Crippen molar-refractivity contribution >= 4 is 11.7 Å². The number of hydrogen-bond acceptors (Lipinski definition) is 5. The third-order valence-corrected chi connectivity index (χ3v) is 5.53. The van der Waals surface area contributed by atoms with Crippen LogP contribution in [0.25, 0.3) is 0 Å². The lowest BCUT2D eigenvalue weighted by Crippen LogP contribution is -2.45. The van der Waals surface area contributed by atoms with Gasteiger partial charge in [-0.3, -0.25) is 14.5 Å². The summed E-state index contributed by atoms with van der Waals surface area (Å²) in [5, 5.41) is 2.95. The number of Topliss-reactive ketones (excluding diaryl/α,β-unsaturated/α-hetero) is 1. The molecule has 0 aliphatic carbocycles. The second-order valence-electron chi connectivity index (χ2n) is 7.63. The number of ether oxygens (including phenoxy) is 1. The third-order valence-electron chi connectivity index (χ3n) is 5.53. The Morgan fingerprint density at radius 3 is 2.20 bits per heavy atom. The highest BCUT2D eigenvalue weighted by Gasteiger charge is 2.16. The van der Waals surface area contributed by atoms with Gasteiger partial charge in [0.15, 0.2) is 12.4 Å². The maximum atomic E-state index is 12.2. The molecule has 0 aromatic heterocycles. The number of piperazine rings is 1. The molecule has 0 bridgehead atoms. The van der Waals surface area contributed by atoms with Gasteiger partial charge in [0.05, 0.1) is 0 Å². The van der Waals surface area contributed by atoms with E-state index < -0.39 is 0 Å². The van der Waals surface area contributed by atoms with Gasteiger partial charge in [-0.1, -0.05) is 31.2 Å². The molecule has 2 aromatic carbocycles. The van der Waals surface area contributed by atoms with Gasteiger partial charge in [-0.25, -0.2) is 0 Å².